The highest BCUT2D eigenvalue weighted by atomic mass is 19.2. The molecule has 0 fully saturated rings. The topological polar surface area (TPSA) is 58.6 Å². The summed E-state index contributed by atoms with van der Waals surface area (Å²) < 4.78 is 31.3. The molecule has 1 unspecified atom stereocenters. The van der Waals surface area contributed by atoms with Gasteiger partial charge in [-0.15, -0.1) is 0 Å². The number of carboxylic acid groups (broad SMARTS) is 1. The molecular weight excluding hydrogens is 280 g/mol. The van der Waals surface area contributed by atoms with Gasteiger partial charge in [-0.25, -0.2) is 13.6 Å². The van der Waals surface area contributed by atoms with Gasteiger partial charge < -0.3 is 15.2 Å². The Morgan fingerprint density at radius 3 is 2.52 bits per heavy atom. The number of benzene rings is 2. The Hall–Kier alpha value is -2.63. The maximum Gasteiger partial charge on any atom is 0.330 e. The second-order valence-electron chi connectivity index (χ2n) is 4.29. The SMILES string of the molecule is COc1ccccc1NC(C(=O)O)c1ccc(F)c(F)c1. The zero-order valence-corrected chi connectivity index (χ0v) is 11.1. The second-order valence-corrected chi connectivity index (χ2v) is 4.29. The summed E-state index contributed by atoms with van der Waals surface area (Å²) in [5.41, 5.74) is 0.546. The van der Waals surface area contributed by atoms with Gasteiger partial charge in [-0.1, -0.05) is 18.2 Å². The first-order valence-electron chi connectivity index (χ1n) is 6.10. The molecule has 2 rings (SSSR count). The molecule has 0 saturated carbocycles. The number of hydrogen-bond acceptors (Lipinski definition) is 3. The van der Waals surface area contributed by atoms with Gasteiger partial charge >= 0.3 is 5.97 Å². The lowest BCUT2D eigenvalue weighted by Gasteiger charge is -2.18. The van der Waals surface area contributed by atoms with Gasteiger partial charge in [0.15, 0.2) is 17.7 Å². The Bertz CT molecular complexity index is 661. The van der Waals surface area contributed by atoms with E-state index in [2.05, 4.69) is 5.32 Å². The third kappa shape index (κ3) is 3.28. The Balaban J connectivity index is 2.35. The van der Waals surface area contributed by atoms with Crippen LogP contribution in [0.2, 0.25) is 0 Å². The maximum atomic E-state index is 13.3. The molecule has 0 aliphatic rings. The lowest BCUT2D eigenvalue weighted by Crippen LogP contribution is -2.21. The van der Waals surface area contributed by atoms with Crippen molar-refractivity contribution >= 4 is 11.7 Å². The van der Waals surface area contributed by atoms with E-state index in [4.69, 9.17) is 4.74 Å². The summed E-state index contributed by atoms with van der Waals surface area (Å²) in [7, 11) is 1.45. The molecular formula is C15H13F2NO3. The van der Waals surface area contributed by atoms with E-state index in [-0.39, 0.29) is 5.56 Å². The van der Waals surface area contributed by atoms with Crippen molar-refractivity contribution in [1.29, 1.82) is 0 Å². The molecule has 0 spiro atoms. The highest BCUT2D eigenvalue weighted by Gasteiger charge is 2.22. The van der Waals surface area contributed by atoms with Crippen LogP contribution < -0.4 is 10.1 Å². The predicted molar refractivity (Wildman–Crippen MR) is 73.4 cm³/mol. The van der Waals surface area contributed by atoms with Crippen molar-refractivity contribution in [2.75, 3.05) is 12.4 Å². The Morgan fingerprint density at radius 1 is 1.19 bits per heavy atom. The fraction of sp³-hybridized carbons (Fsp3) is 0.133. The number of rotatable bonds is 5. The molecule has 0 bridgehead atoms. The van der Waals surface area contributed by atoms with Crippen molar-refractivity contribution in [2.24, 2.45) is 0 Å². The highest BCUT2D eigenvalue weighted by molar-refractivity contribution is 5.80. The normalized spacial score (nSPS) is 11.8. The van der Waals surface area contributed by atoms with E-state index < -0.39 is 23.6 Å². The summed E-state index contributed by atoms with van der Waals surface area (Å²) in [4.78, 5) is 11.4. The third-order valence-electron chi connectivity index (χ3n) is 2.93. The number of halogens is 2. The highest BCUT2D eigenvalue weighted by Crippen LogP contribution is 2.28. The van der Waals surface area contributed by atoms with E-state index in [9.17, 15) is 18.7 Å². The molecule has 0 aromatic heterocycles. The van der Waals surface area contributed by atoms with Crippen LogP contribution in [0.3, 0.4) is 0 Å². The summed E-state index contributed by atoms with van der Waals surface area (Å²) in [5.74, 6) is -2.89. The summed E-state index contributed by atoms with van der Waals surface area (Å²) in [6.45, 7) is 0. The van der Waals surface area contributed by atoms with Crippen LogP contribution >= 0.6 is 0 Å². The molecule has 2 aromatic carbocycles. The summed E-state index contributed by atoms with van der Waals surface area (Å²) >= 11 is 0. The Labute approximate surface area is 120 Å². The molecule has 1 atom stereocenters. The molecule has 0 aliphatic carbocycles. The zero-order valence-electron chi connectivity index (χ0n) is 11.1. The standard InChI is InChI=1S/C15H13F2NO3/c1-21-13-5-3-2-4-12(13)18-14(15(19)20)9-6-7-10(16)11(17)8-9/h2-8,14,18H,1H3,(H,19,20). The molecule has 0 aliphatic heterocycles. The van der Waals surface area contributed by atoms with Gasteiger partial charge in [-0.2, -0.15) is 0 Å². The van der Waals surface area contributed by atoms with Crippen LogP contribution in [0.15, 0.2) is 42.5 Å². The van der Waals surface area contributed by atoms with Gasteiger partial charge in [0.2, 0.25) is 0 Å². The minimum atomic E-state index is -1.23. The van der Waals surface area contributed by atoms with Crippen molar-refractivity contribution in [3.05, 3.63) is 59.7 Å². The Kier molecular flexibility index (Phi) is 4.37. The van der Waals surface area contributed by atoms with Gasteiger partial charge in [0, 0.05) is 0 Å². The van der Waals surface area contributed by atoms with Gasteiger partial charge in [0.1, 0.15) is 5.75 Å². The van der Waals surface area contributed by atoms with Crippen molar-refractivity contribution in [3.8, 4) is 5.75 Å². The van der Waals surface area contributed by atoms with E-state index in [1.165, 1.54) is 13.2 Å². The molecule has 21 heavy (non-hydrogen) atoms. The van der Waals surface area contributed by atoms with Crippen LogP contribution in [-0.2, 0) is 4.79 Å². The van der Waals surface area contributed by atoms with Crippen LogP contribution in [0.5, 0.6) is 5.75 Å². The third-order valence-corrected chi connectivity index (χ3v) is 2.93. The van der Waals surface area contributed by atoms with Crippen LogP contribution in [-0.4, -0.2) is 18.2 Å². The van der Waals surface area contributed by atoms with Crippen molar-refractivity contribution in [2.45, 2.75) is 6.04 Å². The van der Waals surface area contributed by atoms with Gasteiger partial charge in [-0.05, 0) is 29.8 Å². The van der Waals surface area contributed by atoms with Crippen LogP contribution in [0, 0.1) is 11.6 Å². The van der Waals surface area contributed by atoms with Crippen molar-refractivity contribution in [1.82, 2.24) is 0 Å². The van der Waals surface area contributed by atoms with E-state index in [0.717, 1.165) is 12.1 Å². The van der Waals surface area contributed by atoms with Crippen molar-refractivity contribution in [3.63, 3.8) is 0 Å². The lowest BCUT2D eigenvalue weighted by atomic mass is 10.1. The summed E-state index contributed by atoms with van der Waals surface area (Å²) in [6, 6.07) is 8.48. The van der Waals surface area contributed by atoms with Crippen molar-refractivity contribution < 1.29 is 23.4 Å². The Morgan fingerprint density at radius 2 is 1.90 bits per heavy atom. The number of nitrogens with one attached hydrogen (secondary N) is 1. The lowest BCUT2D eigenvalue weighted by molar-refractivity contribution is -0.138. The monoisotopic (exact) mass is 293 g/mol. The first-order chi connectivity index (χ1) is 10.0. The van der Waals surface area contributed by atoms with Gasteiger partial charge in [0.05, 0.1) is 12.8 Å². The molecule has 6 heteroatoms. The largest absolute Gasteiger partial charge is 0.495 e. The number of aliphatic carboxylic acids is 1. The fourth-order valence-corrected chi connectivity index (χ4v) is 1.90. The number of carboxylic acids is 1. The minimum absolute atomic E-state index is 0.104. The molecule has 0 heterocycles. The van der Waals surface area contributed by atoms with E-state index in [1.807, 2.05) is 0 Å². The number of anilines is 1. The van der Waals surface area contributed by atoms with E-state index in [1.54, 1.807) is 24.3 Å². The molecule has 2 aromatic rings. The van der Waals surface area contributed by atoms with Gasteiger partial charge in [0.25, 0.3) is 0 Å². The number of para-hydroxylation sites is 2. The number of carbonyl (C=O) groups is 1. The molecule has 0 amide bonds. The minimum Gasteiger partial charge on any atom is -0.495 e. The fourth-order valence-electron chi connectivity index (χ4n) is 1.90. The number of ether oxygens (including phenoxy) is 1. The predicted octanol–water partition coefficient (Wildman–Crippen LogP) is 3.21. The smallest absolute Gasteiger partial charge is 0.330 e. The first-order valence-corrected chi connectivity index (χ1v) is 6.10. The van der Waals surface area contributed by atoms with Crippen LogP contribution in [0.4, 0.5) is 14.5 Å². The average molecular weight is 293 g/mol. The molecule has 0 radical (unpaired) electrons. The quantitative estimate of drug-likeness (QED) is 0.888. The number of methoxy groups -OCH3 is 1. The average Bonchev–Trinajstić information content (AvgIpc) is 2.48. The second kappa shape index (κ2) is 6.21. The zero-order chi connectivity index (χ0) is 15.4. The number of hydrogen-bond donors (Lipinski definition) is 2. The molecule has 110 valence electrons. The molecule has 0 saturated heterocycles. The van der Waals surface area contributed by atoms with Gasteiger partial charge in [-0.3, -0.25) is 0 Å². The summed E-state index contributed by atoms with van der Waals surface area (Å²) in [6.07, 6.45) is 0. The maximum absolute atomic E-state index is 13.3. The van der Waals surface area contributed by atoms with Crippen LogP contribution in [0.1, 0.15) is 11.6 Å². The van der Waals surface area contributed by atoms with E-state index >= 15 is 0 Å². The van der Waals surface area contributed by atoms with Crippen LogP contribution in [0.25, 0.3) is 0 Å². The first kappa shape index (κ1) is 14.8. The van der Waals surface area contributed by atoms with E-state index in [0.29, 0.717) is 11.4 Å². The summed E-state index contributed by atoms with van der Waals surface area (Å²) in [5, 5.41) is 12.0. The molecule has 4 nitrogen and oxygen atoms in total. The molecule has 2 N–H and O–H groups in total.